The maximum atomic E-state index is 12.3. The highest BCUT2D eigenvalue weighted by Gasteiger charge is 2.21. The molecule has 0 spiro atoms. The lowest BCUT2D eigenvalue weighted by molar-refractivity contribution is -0.114. The van der Waals surface area contributed by atoms with Gasteiger partial charge in [-0.3, -0.25) is 14.6 Å². The quantitative estimate of drug-likeness (QED) is 0.793. The maximum Gasteiger partial charge on any atom is 0.274 e. The van der Waals surface area contributed by atoms with Gasteiger partial charge in [0.05, 0.1) is 0 Å². The van der Waals surface area contributed by atoms with Crippen molar-refractivity contribution in [3.8, 4) is 0 Å². The van der Waals surface area contributed by atoms with Crippen molar-refractivity contribution in [1.82, 2.24) is 4.98 Å². The lowest BCUT2D eigenvalue weighted by Crippen LogP contribution is -2.14. The Morgan fingerprint density at radius 2 is 1.78 bits per heavy atom. The lowest BCUT2D eigenvalue weighted by Gasteiger charge is -2.09. The van der Waals surface area contributed by atoms with Crippen LogP contribution in [0.2, 0.25) is 0 Å². The van der Waals surface area contributed by atoms with Crippen molar-refractivity contribution in [2.75, 3.05) is 16.0 Å². The zero-order valence-corrected chi connectivity index (χ0v) is 12.8. The fraction of sp³-hybridized carbons (Fsp3) is 0.235. The van der Waals surface area contributed by atoms with E-state index in [-0.39, 0.29) is 11.8 Å². The van der Waals surface area contributed by atoms with E-state index < -0.39 is 0 Å². The maximum absolute atomic E-state index is 12.3. The highest BCUT2D eigenvalue weighted by molar-refractivity contribution is 6.03. The standard InChI is InChI=1S/C17H18N4O2/c1-11(22)19-13-3-2-4-14(9-13)21-17(23)16-10-15(7-8-18-16)20-12-5-6-12/h2-4,7-10,12H,5-6H2,1H3,(H,18,20)(H,19,22)(H,21,23). The van der Waals surface area contributed by atoms with Crippen LogP contribution in [0.4, 0.5) is 17.1 Å². The van der Waals surface area contributed by atoms with Crippen molar-refractivity contribution < 1.29 is 9.59 Å². The molecule has 1 aliphatic rings. The highest BCUT2D eigenvalue weighted by atomic mass is 16.2. The minimum atomic E-state index is -0.288. The molecule has 118 valence electrons. The molecule has 1 heterocycles. The number of anilines is 3. The van der Waals surface area contributed by atoms with Gasteiger partial charge in [-0.15, -0.1) is 0 Å². The third-order valence-corrected chi connectivity index (χ3v) is 3.38. The number of carbonyl (C=O) groups is 2. The van der Waals surface area contributed by atoms with Gasteiger partial charge < -0.3 is 16.0 Å². The van der Waals surface area contributed by atoms with Gasteiger partial charge in [0.25, 0.3) is 5.91 Å². The molecule has 1 aliphatic carbocycles. The second-order valence-corrected chi connectivity index (χ2v) is 5.56. The van der Waals surface area contributed by atoms with Crippen LogP contribution >= 0.6 is 0 Å². The third-order valence-electron chi connectivity index (χ3n) is 3.38. The van der Waals surface area contributed by atoms with Crippen LogP contribution in [-0.4, -0.2) is 22.8 Å². The fourth-order valence-electron chi connectivity index (χ4n) is 2.18. The number of amides is 2. The van der Waals surface area contributed by atoms with Gasteiger partial charge in [-0.1, -0.05) is 6.07 Å². The van der Waals surface area contributed by atoms with Crippen LogP contribution in [0.1, 0.15) is 30.3 Å². The largest absolute Gasteiger partial charge is 0.382 e. The number of hydrogen-bond acceptors (Lipinski definition) is 4. The smallest absolute Gasteiger partial charge is 0.274 e. The molecule has 1 fully saturated rings. The fourth-order valence-corrected chi connectivity index (χ4v) is 2.18. The molecular weight excluding hydrogens is 292 g/mol. The first-order valence-electron chi connectivity index (χ1n) is 7.52. The van der Waals surface area contributed by atoms with E-state index in [1.807, 2.05) is 6.07 Å². The van der Waals surface area contributed by atoms with Gasteiger partial charge in [0.2, 0.25) is 5.91 Å². The molecular formula is C17H18N4O2. The molecule has 3 N–H and O–H groups in total. The summed E-state index contributed by atoms with van der Waals surface area (Å²) < 4.78 is 0. The van der Waals surface area contributed by atoms with Crippen molar-refractivity contribution in [2.24, 2.45) is 0 Å². The van der Waals surface area contributed by atoms with Gasteiger partial charge in [-0.05, 0) is 43.2 Å². The lowest BCUT2D eigenvalue weighted by atomic mass is 10.2. The predicted molar refractivity (Wildman–Crippen MR) is 89.6 cm³/mol. The topological polar surface area (TPSA) is 83.1 Å². The van der Waals surface area contributed by atoms with Gasteiger partial charge in [-0.2, -0.15) is 0 Å². The molecule has 1 saturated carbocycles. The molecule has 23 heavy (non-hydrogen) atoms. The van der Waals surface area contributed by atoms with Crippen LogP contribution in [-0.2, 0) is 4.79 Å². The Labute approximate surface area is 134 Å². The van der Waals surface area contributed by atoms with Crippen LogP contribution in [0, 0.1) is 0 Å². The van der Waals surface area contributed by atoms with Gasteiger partial charge in [0, 0.05) is 36.2 Å². The van der Waals surface area contributed by atoms with Gasteiger partial charge in [0.15, 0.2) is 0 Å². The summed E-state index contributed by atoms with van der Waals surface area (Å²) in [5, 5.41) is 8.81. The van der Waals surface area contributed by atoms with Crippen LogP contribution in [0.5, 0.6) is 0 Å². The minimum Gasteiger partial charge on any atom is -0.382 e. The van der Waals surface area contributed by atoms with Crippen molar-refractivity contribution in [3.63, 3.8) is 0 Å². The Morgan fingerprint density at radius 3 is 2.48 bits per heavy atom. The molecule has 2 aromatic rings. The first-order chi connectivity index (χ1) is 11.1. The van der Waals surface area contributed by atoms with Crippen LogP contribution in [0.3, 0.4) is 0 Å². The van der Waals surface area contributed by atoms with E-state index in [9.17, 15) is 9.59 Å². The first-order valence-corrected chi connectivity index (χ1v) is 7.52. The third kappa shape index (κ3) is 4.29. The average Bonchev–Trinajstić information content (AvgIpc) is 3.31. The van der Waals surface area contributed by atoms with E-state index in [1.54, 1.807) is 36.5 Å². The molecule has 6 heteroatoms. The normalized spacial score (nSPS) is 13.3. The Bertz CT molecular complexity index is 741. The molecule has 1 aromatic carbocycles. The molecule has 0 bridgehead atoms. The molecule has 0 aliphatic heterocycles. The van der Waals surface area contributed by atoms with E-state index in [0.29, 0.717) is 23.1 Å². The van der Waals surface area contributed by atoms with Crippen LogP contribution in [0.15, 0.2) is 42.6 Å². The summed E-state index contributed by atoms with van der Waals surface area (Å²) >= 11 is 0. The monoisotopic (exact) mass is 310 g/mol. The van der Waals surface area contributed by atoms with Gasteiger partial charge in [0.1, 0.15) is 5.69 Å². The average molecular weight is 310 g/mol. The molecule has 2 amide bonds. The Morgan fingerprint density at radius 1 is 1.04 bits per heavy atom. The van der Waals surface area contributed by atoms with Crippen molar-refractivity contribution in [1.29, 1.82) is 0 Å². The number of hydrogen-bond donors (Lipinski definition) is 3. The van der Waals surface area contributed by atoms with Crippen molar-refractivity contribution >= 4 is 28.9 Å². The van der Waals surface area contributed by atoms with E-state index in [1.165, 1.54) is 19.8 Å². The zero-order valence-electron chi connectivity index (χ0n) is 12.8. The summed E-state index contributed by atoms with van der Waals surface area (Å²) in [6.07, 6.45) is 3.95. The summed E-state index contributed by atoms with van der Waals surface area (Å²) in [4.78, 5) is 27.5. The van der Waals surface area contributed by atoms with Crippen LogP contribution in [0.25, 0.3) is 0 Å². The number of rotatable bonds is 5. The molecule has 0 unspecified atom stereocenters. The summed E-state index contributed by atoms with van der Waals surface area (Å²) in [5.41, 5.74) is 2.48. The SMILES string of the molecule is CC(=O)Nc1cccc(NC(=O)c2cc(NC3CC3)ccn2)c1. The Kier molecular flexibility index (Phi) is 4.23. The van der Waals surface area contributed by atoms with Gasteiger partial charge >= 0.3 is 0 Å². The number of benzene rings is 1. The highest BCUT2D eigenvalue weighted by Crippen LogP contribution is 2.24. The molecule has 0 atom stereocenters. The predicted octanol–water partition coefficient (Wildman–Crippen LogP) is 2.87. The Balaban J connectivity index is 1.69. The first kappa shape index (κ1) is 15.0. The Hall–Kier alpha value is -2.89. The summed E-state index contributed by atoms with van der Waals surface area (Å²) in [7, 11) is 0. The van der Waals surface area contributed by atoms with E-state index in [4.69, 9.17) is 0 Å². The summed E-state index contributed by atoms with van der Waals surface area (Å²) in [6, 6.07) is 11.1. The molecule has 0 radical (unpaired) electrons. The van der Waals surface area contributed by atoms with Gasteiger partial charge in [-0.25, -0.2) is 0 Å². The zero-order chi connectivity index (χ0) is 16.2. The van der Waals surface area contributed by atoms with Crippen LogP contribution < -0.4 is 16.0 Å². The number of carbonyl (C=O) groups excluding carboxylic acids is 2. The number of aromatic nitrogens is 1. The molecule has 6 nitrogen and oxygen atoms in total. The van der Waals surface area contributed by atoms with E-state index in [2.05, 4.69) is 20.9 Å². The van der Waals surface area contributed by atoms with Crippen molar-refractivity contribution in [2.45, 2.75) is 25.8 Å². The van der Waals surface area contributed by atoms with E-state index >= 15 is 0 Å². The number of nitrogens with zero attached hydrogens (tertiary/aromatic N) is 1. The molecule has 0 saturated heterocycles. The minimum absolute atomic E-state index is 0.158. The number of pyridine rings is 1. The second kappa shape index (κ2) is 6.48. The summed E-state index contributed by atoms with van der Waals surface area (Å²) in [5.74, 6) is -0.446. The van der Waals surface area contributed by atoms with E-state index in [0.717, 1.165) is 5.69 Å². The number of nitrogens with one attached hydrogen (secondary N) is 3. The molecule has 3 rings (SSSR count). The van der Waals surface area contributed by atoms with Crippen molar-refractivity contribution in [3.05, 3.63) is 48.3 Å². The second-order valence-electron chi connectivity index (χ2n) is 5.56. The summed E-state index contributed by atoms with van der Waals surface area (Å²) in [6.45, 7) is 1.44. The molecule has 1 aromatic heterocycles.